The minimum absolute atomic E-state index is 0.0958. The monoisotopic (exact) mass is 570 g/mol. The topological polar surface area (TPSA) is 89.5 Å². The number of benzene rings is 2. The number of carbonyl (C=O) groups is 1. The van der Waals surface area contributed by atoms with E-state index in [1.807, 2.05) is 65.6 Å². The molecule has 1 amide bonds. The van der Waals surface area contributed by atoms with Crippen LogP contribution in [0.1, 0.15) is 41.6 Å². The van der Waals surface area contributed by atoms with Crippen LogP contribution in [0.4, 0.5) is 5.82 Å². The van der Waals surface area contributed by atoms with E-state index in [0.717, 1.165) is 53.9 Å². The quantitative estimate of drug-likeness (QED) is 0.308. The Morgan fingerprint density at radius 2 is 1.68 bits per heavy atom. The molecule has 0 spiro atoms. The predicted octanol–water partition coefficient (Wildman–Crippen LogP) is 5.66. The lowest BCUT2D eigenvalue weighted by Gasteiger charge is -2.36. The average Bonchev–Trinajstić information content (AvgIpc) is 3.66. The molecule has 4 heterocycles. The zero-order valence-electron chi connectivity index (χ0n) is 23.3. The van der Waals surface area contributed by atoms with Crippen LogP contribution in [0.5, 0.6) is 5.75 Å². The summed E-state index contributed by atoms with van der Waals surface area (Å²) in [4.78, 5) is 22.2. The van der Waals surface area contributed by atoms with Crippen LogP contribution in [0.2, 0.25) is 5.15 Å². The fraction of sp³-hybridized carbons (Fsp3) is 0.344. The first-order valence-electron chi connectivity index (χ1n) is 14.3. The molecule has 0 bridgehead atoms. The smallest absolute Gasteiger partial charge is 0.253 e. The van der Waals surface area contributed by atoms with Gasteiger partial charge in [-0.15, -0.1) is 0 Å². The molecule has 9 heteroatoms. The summed E-state index contributed by atoms with van der Waals surface area (Å²) in [5, 5.41) is 5.09. The molecule has 0 unspecified atom stereocenters. The van der Waals surface area contributed by atoms with Crippen molar-refractivity contribution in [2.75, 3.05) is 31.9 Å². The molecule has 2 fully saturated rings. The normalized spacial score (nSPS) is 16.3. The summed E-state index contributed by atoms with van der Waals surface area (Å²) in [6, 6.07) is 20.0. The second-order valence-corrected chi connectivity index (χ2v) is 11.2. The van der Waals surface area contributed by atoms with Crippen molar-refractivity contribution in [2.24, 2.45) is 7.05 Å². The van der Waals surface area contributed by atoms with Crippen LogP contribution in [0.15, 0.2) is 66.9 Å². The third kappa shape index (κ3) is 5.80. The number of anilines is 1. The highest BCUT2D eigenvalue weighted by molar-refractivity contribution is 6.30. The van der Waals surface area contributed by atoms with Crippen molar-refractivity contribution in [2.45, 2.75) is 38.3 Å². The van der Waals surface area contributed by atoms with Crippen molar-refractivity contribution >= 4 is 23.3 Å². The van der Waals surface area contributed by atoms with E-state index in [-0.39, 0.29) is 12.5 Å². The molecule has 4 aromatic rings. The number of nitrogens with zero attached hydrogens (tertiary/aromatic N) is 5. The molecule has 2 aromatic heterocycles. The molecule has 8 nitrogen and oxygen atoms in total. The molecule has 2 aromatic carbocycles. The van der Waals surface area contributed by atoms with E-state index in [1.165, 1.54) is 25.9 Å². The van der Waals surface area contributed by atoms with Gasteiger partial charge in [0.25, 0.3) is 5.91 Å². The van der Waals surface area contributed by atoms with Crippen molar-refractivity contribution in [3.05, 3.63) is 83.1 Å². The number of aryl methyl sites for hydroxylation is 1. The largest absolute Gasteiger partial charge is 0.485 e. The molecule has 2 aliphatic rings. The molecule has 6 rings (SSSR count). The number of nitrogens with two attached hydrogens (primary N) is 1. The van der Waals surface area contributed by atoms with Gasteiger partial charge in [0.15, 0.2) is 11.6 Å². The number of halogens is 1. The maximum atomic E-state index is 13.2. The first-order valence-corrected chi connectivity index (χ1v) is 14.6. The minimum Gasteiger partial charge on any atom is -0.485 e. The van der Waals surface area contributed by atoms with Crippen molar-refractivity contribution in [3.8, 4) is 28.1 Å². The van der Waals surface area contributed by atoms with Gasteiger partial charge in [-0.2, -0.15) is 5.10 Å². The van der Waals surface area contributed by atoms with E-state index in [0.29, 0.717) is 28.3 Å². The second-order valence-electron chi connectivity index (χ2n) is 10.8. The molecule has 0 aliphatic carbocycles. The second kappa shape index (κ2) is 11.9. The van der Waals surface area contributed by atoms with Crippen molar-refractivity contribution in [3.63, 3.8) is 0 Å². The highest BCUT2D eigenvalue weighted by Crippen LogP contribution is 2.32. The van der Waals surface area contributed by atoms with Gasteiger partial charge in [0.1, 0.15) is 17.5 Å². The van der Waals surface area contributed by atoms with Gasteiger partial charge in [0.2, 0.25) is 0 Å². The van der Waals surface area contributed by atoms with Crippen molar-refractivity contribution < 1.29 is 9.53 Å². The van der Waals surface area contributed by atoms with Gasteiger partial charge >= 0.3 is 0 Å². The van der Waals surface area contributed by atoms with Gasteiger partial charge in [-0.1, -0.05) is 54.1 Å². The number of amides is 1. The van der Waals surface area contributed by atoms with E-state index < -0.39 is 0 Å². The first kappa shape index (κ1) is 27.3. The van der Waals surface area contributed by atoms with Gasteiger partial charge in [-0.25, -0.2) is 4.98 Å². The van der Waals surface area contributed by atoms with E-state index >= 15 is 0 Å². The number of carbonyl (C=O) groups excluding carboxylic acids is 1. The lowest BCUT2D eigenvalue weighted by atomic mass is 10.0. The van der Waals surface area contributed by atoms with Crippen molar-refractivity contribution in [1.29, 1.82) is 0 Å². The molecule has 0 saturated carbocycles. The van der Waals surface area contributed by atoms with Crippen LogP contribution >= 0.6 is 11.6 Å². The Morgan fingerprint density at radius 3 is 2.39 bits per heavy atom. The predicted molar refractivity (Wildman–Crippen MR) is 162 cm³/mol. The lowest BCUT2D eigenvalue weighted by Crippen LogP contribution is -2.45. The Morgan fingerprint density at radius 1 is 0.976 bits per heavy atom. The number of pyridine rings is 1. The SMILES string of the molecule is Cn1nc(-c2ccccc2)c(COc2cc(-c3ccc(C(=O)N4CCC(N5CCCC5)CC4)cc3)cnc2N)c1Cl. The average molecular weight is 571 g/mol. The highest BCUT2D eigenvalue weighted by atomic mass is 35.5. The molecule has 2 N–H and O–H groups in total. The Kier molecular flexibility index (Phi) is 7.94. The van der Waals surface area contributed by atoms with Gasteiger partial charge in [-0.3, -0.25) is 9.48 Å². The first-order chi connectivity index (χ1) is 20.0. The fourth-order valence-electron chi connectivity index (χ4n) is 5.91. The summed E-state index contributed by atoms with van der Waals surface area (Å²) in [6.07, 6.45) is 6.43. The fourth-order valence-corrected chi connectivity index (χ4v) is 6.09. The third-order valence-corrected chi connectivity index (χ3v) is 8.72. The summed E-state index contributed by atoms with van der Waals surface area (Å²) >= 11 is 6.57. The van der Waals surface area contributed by atoms with Crippen LogP contribution < -0.4 is 10.5 Å². The standard InChI is InChI=1S/C32H35ClN6O2/c1-37-30(33)27(29(36-37)23-7-3-2-4-8-23)21-41-28-19-25(20-35-31(28)34)22-9-11-24(12-10-22)32(40)39-17-13-26(14-18-39)38-15-5-6-16-38/h2-4,7-12,19-20,26H,5-6,13-18,21H2,1H3,(H2,34,35). The van der Waals surface area contributed by atoms with Gasteiger partial charge in [0, 0.05) is 49.1 Å². The van der Waals surface area contributed by atoms with E-state index in [2.05, 4.69) is 15.0 Å². The number of aromatic nitrogens is 3. The molecule has 212 valence electrons. The summed E-state index contributed by atoms with van der Waals surface area (Å²) in [6.45, 7) is 4.24. The number of piperidine rings is 1. The zero-order valence-corrected chi connectivity index (χ0v) is 24.1. The Balaban J connectivity index is 1.13. The van der Waals surface area contributed by atoms with Gasteiger partial charge in [-0.05, 0) is 62.5 Å². The molecular formula is C32H35ClN6O2. The summed E-state index contributed by atoms with van der Waals surface area (Å²) < 4.78 is 7.78. The van der Waals surface area contributed by atoms with Gasteiger partial charge < -0.3 is 20.3 Å². The van der Waals surface area contributed by atoms with E-state index in [1.54, 1.807) is 17.9 Å². The number of rotatable bonds is 7. The minimum atomic E-state index is 0.0958. The van der Waals surface area contributed by atoms with Crippen LogP contribution in [0, 0.1) is 0 Å². The lowest BCUT2D eigenvalue weighted by molar-refractivity contribution is 0.0644. The van der Waals surface area contributed by atoms with Crippen LogP contribution in [0.3, 0.4) is 0 Å². The van der Waals surface area contributed by atoms with Crippen LogP contribution in [-0.2, 0) is 13.7 Å². The van der Waals surface area contributed by atoms with Crippen LogP contribution in [0.25, 0.3) is 22.4 Å². The van der Waals surface area contributed by atoms with Gasteiger partial charge in [0.05, 0.1) is 5.56 Å². The van der Waals surface area contributed by atoms with E-state index in [9.17, 15) is 4.79 Å². The molecule has 41 heavy (non-hydrogen) atoms. The van der Waals surface area contributed by atoms with Crippen molar-refractivity contribution in [1.82, 2.24) is 24.6 Å². The van der Waals surface area contributed by atoms with E-state index in [4.69, 9.17) is 22.1 Å². The number of hydrogen-bond donors (Lipinski definition) is 1. The summed E-state index contributed by atoms with van der Waals surface area (Å²) in [7, 11) is 1.81. The summed E-state index contributed by atoms with van der Waals surface area (Å²) in [5.41, 5.74) is 11.2. The number of hydrogen-bond acceptors (Lipinski definition) is 6. The Hall–Kier alpha value is -3.88. The molecular weight excluding hydrogens is 536 g/mol. The Labute approximate surface area is 245 Å². The maximum absolute atomic E-state index is 13.2. The molecule has 0 atom stereocenters. The molecule has 2 saturated heterocycles. The molecule has 2 aliphatic heterocycles. The highest BCUT2D eigenvalue weighted by Gasteiger charge is 2.28. The Bertz CT molecular complexity index is 1510. The number of likely N-dealkylation sites (tertiary alicyclic amines) is 2. The van der Waals surface area contributed by atoms with Crippen LogP contribution in [-0.4, -0.2) is 62.7 Å². The number of ether oxygens (including phenoxy) is 1. The maximum Gasteiger partial charge on any atom is 0.253 e. The third-order valence-electron chi connectivity index (χ3n) is 8.24. The zero-order chi connectivity index (χ0) is 28.3. The molecule has 0 radical (unpaired) electrons. The number of nitrogen functional groups attached to an aromatic ring is 1. The summed E-state index contributed by atoms with van der Waals surface area (Å²) in [5.74, 6) is 0.847.